The van der Waals surface area contributed by atoms with E-state index in [1.165, 1.54) is 12.3 Å². The molecule has 0 saturated heterocycles. The molecule has 4 rings (SSSR count). The number of aromatic nitrogens is 3. The molecule has 4 aromatic rings. The van der Waals surface area contributed by atoms with Gasteiger partial charge in [-0.3, -0.25) is 9.89 Å². The number of nitriles is 1. The monoisotopic (exact) mass is 363 g/mol. The fraction of sp³-hybridized carbons (Fsp3) is 0. The number of H-pyrrole nitrogens is 1. The number of nitrogens with one attached hydrogen (secondary N) is 2. The van der Waals surface area contributed by atoms with Crippen LogP contribution in [0.25, 0.3) is 22.2 Å². The molecule has 1 amide bonds. The summed E-state index contributed by atoms with van der Waals surface area (Å²) in [5.74, 6) is -0.500. The van der Waals surface area contributed by atoms with Crippen molar-refractivity contribution >= 4 is 34.1 Å². The van der Waals surface area contributed by atoms with Gasteiger partial charge in [-0.25, -0.2) is 4.98 Å². The highest BCUT2D eigenvalue weighted by atomic mass is 35.5. The van der Waals surface area contributed by atoms with Crippen molar-refractivity contribution in [3.8, 4) is 17.3 Å². The van der Waals surface area contributed by atoms with Crippen LogP contribution in [0.3, 0.4) is 0 Å². The van der Waals surface area contributed by atoms with Crippen molar-refractivity contribution in [2.45, 2.75) is 0 Å². The van der Waals surface area contributed by atoms with Crippen LogP contribution in [0.15, 0.2) is 53.5 Å². The number of aromatic amines is 1. The van der Waals surface area contributed by atoms with Gasteiger partial charge in [0.05, 0.1) is 28.6 Å². The van der Waals surface area contributed by atoms with Crippen LogP contribution in [-0.2, 0) is 0 Å². The van der Waals surface area contributed by atoms with Crippen LogP contribution >= 0.6 is 11.6 Å². The van der Waals surface area contributed by atoms with Crippen molar-refractivity contribution in [1.82, 2.24) is 15.2 Å². The molecule has 7 nitrogen and oxygen atoms in total. The number of nitrogens with zero attached hydrogens (tertiary/aromatic N) is 3. The minimum absolute atomic E-state index is 0.00642. The fourth-order valence-electron chi connectivity index (χ4n) is 2.59. The van der Waals surface area contributed by atoms with Gasteiger partial charge in [-0.1, -0.05) is 11.6 Å². The van der Waals surface area contributed by atoms with Crippen LogP contribution in [-0.4, -0.2) is 21.1 Å². The minimum atomic E-state index is -0.500. The first-order chi connectivity index (χ1) is 12.7. The summed E-state index contributed by atoms with van der Waals surface area (Å²) < 4.78 is 5.10. The average Bonchev–Trinajstić information content (AvgIpc) is 3.30. The molecule has 126 valence electrons. The van der Waals surface area contributed by atoms with Gasteiger partial charge in [-0.15, -0.1) is 0 Å². The molecule has 0 radical (unpaired) electrons. The second-order valence-electron chi connectivity index (χ2n) is 5.43. The number of amides is 1. The van der Waals surface area contributed by atoms with Gasteiger partial charge in [0.25, 0.3) is 5.91 Å². The van der Waals surface area contributed by atoms with Gasteiger partial charge in [-0.05, 0) is 30.3 Å². The second-order valence-corrected chi connectivity index (χ2v) is 5.81. The van der Waals surface area contributed by atoms with E-state index in [-0.39, 0.29) is 16.3 Å². The number of fused-ring (bicyclic) bond motifs is 1. The quantitative estimate of drug-likeness (QED) is 0.572. The summed E-state index contributed by atoms with van der Waals surface area (Å²) in [5, 5.41) is 19.8. The Morgan fingerprint density at radius 1 is 1.31 bits per heavy atom. The van der Waals surface area contributed by atoms with Gasteiger partial charge in [0.15, 0.2) is 0 Å². The van der Waals surface area contributed by atoms with Crippen molar-refractivity contribution < 1.29 is 9.21 Å². The first-order valence-electron chi connectivity index (χ1n) is 7.54. The van der Waals surface area contributed by atoms with Crippen LogP contribution in [0.5, 0.6) is 0 Å². The molecule has 0 bridgehead atoms. The maximum absolute atomic E-state index is 12.5. The van der Waals surface area contributed by atoms with Gasteiger partial charge < -0.3 is 9.73 Å². The molecule has 3 heterocycles. The van der Waals surface area contributed by atoms with Crippen LogP contribution in [0, 0.1) is 11.3 Å². The molecular formula is C18H10ClN5O2. The number of carbonyl (C=O) groups is 1. The third-order valence-electron chi connectivity index (χ3n) is 3.84. The summed E-state index contributed by atoms with van der Waals surface area (Å²) in [7, 11) is 0. The Morgan fingerprint density at radius 2 is 2.19 bits per heavy atom. The van der Waals surface area contributed by atoms with Gasteiger partial charge in [0.2, 0.25) is 0 Å². The highest BCUT2D eigenvalue weighted by Crippen LogP contribution is 2.29. The molecule has 26 heavy (non-hydrogen) atoms. The fourth-order valence-corrected chi connectivity index (χ4v) is 2.83. The zero-order valence-electron chi connectivity index (χ0n) is 13.2. The molecule has 1 aromatic carbocycles. The first-order valence-corrected chi connectivity index (χ1v) is 7.92. The molecule has 0 spiro atoms. The summed E-state index contributed by atoms with van der Waals surface area (Å²) in [4.78, 5) is 16.5. The smallest absolute Gasteiger partial charge is 0.275 e. The van der Waals surface area contributed by atoms with Gasteiger partial charge in [0.1, 0.15) is 17.5 Å². The number of hydrogen-bond acceptors (Lipinski definition) is 5. The van der Waals surface area contributed by atoms with Gasteiger partial charge >= 0.3 is 0 Å². The Kier molecular flexibility index (Phi) is 3.88. The van der Waals surface area contributed by atoms with Crippen LogP contribution in [0.1, 0.15) is 16.1 Å². The molecule has 0 saturated carbocycles. The van der Waals surface area contributed by atoms with E-state index in [9.17, 15) is 4.79 Å². The first kappa shape index (κ1) is 15.9. The van der Waals surface area contributed by atoms with Crippen LogP contribution < -0.4 is 5.32 Å². The van der Waals surface area contributed by atoms with Crippen molar-refractivity contribution in [1.29, 1.82) is 5.26 Å². The van der Waals surface area contributed by atoms with Crippen molar-refractivity contribution in [2.24, 2.45) is 0 Å². The highest BCUT2D eigenvalue weighted by Gasteiger charge is 2.16. The van der Waals surface area contributed by atoms with E-state index in [0.717, 1.165) is 16.5 Å². The Bertz CT molecular complexity index is 1160. The van der Waals surface area contributed by atoms with Gasteiger partial charge in [0, 0.05) is 22.8 Å². The summed E-state index contributed by atoms with van der Waals surface area (Å²) >= 11 is 6.07. The van der Waals surface area contributed by atoms with E-state index in [1.54, 1.807) is 30.7 Å². The number of carbonyl (C=O) groups excluding carboxylic acids is 1. The Hall–Kier alpha value is -3.63. The summed E-state index contributed by atoms with van der Waals surface area (Å²) in [6.45, 7) is 0. The molecule has 3 aromatic heterocycles. The van der Waals surface area contributed by atoms with E-state index in [4.69, 9.17) is 21.3 Å². The molecule has 0 unspecified atom stereocenters. The lowest BCUT2D eigenvalue weighted by atomic mass is 10.1. The lowest BCUT2D eigenvalue weighted by Gasteiger charge is -2.07. The van der Waals surface area contributed by atoms with Crippen molar-refractivity contribution in [3.63, 3.8) is 0 Å². The molecule has 2 N–H and O–H groups in total. The molecule has 8 heteroatoms. The molecular weight excluding hydrogens is 354 g/mol. The maximum atomic E-state index is 12.5. The van der Waals surface area contributed by atoms with E-state index in [1.807, 2.05) is 12.1 Å². The topological polar surface area (TPSA) is 108 Å². The van der Waals surface area contributed by atoms with Gasteiger partial charge in [-0.2, -0.15) is 10.4 Å². The largest absolute Gasteiger partial charge is 0.472 e. The van der Waals surface area contributed by atoms with E-state index >= 15 is 0 Å². The van der Waals surface area contributed by atoms with Crippen molar-refractivity contribution in [3.05, 3.63) is 65.3 Å². The highest BCUT2D eigenvalue weighted by molar-refractivity contribution is 6.35. The van der Waals surface area contributed by atoms with E-state index in [0.29, 0.717) is 11.4 Å². The molecule has 0 aliphatic carbocycles. The Morgan fingerprint density at radius 3 is 2.96 bits per heavy atom. The maximum Gasteiger partial charge on any atom is 0.275 e. The normalized spacial score (nSPS) is 10.6. The third kappa shape index (κ3) is 2.68. The summed E-state index contributed by atoms with van der Waals surface area (Å²) in [5.41, 5.74) is 3.10. The van der Waals surface area contributed by atoms with E-state index < -0.39 is 5.91 Å². The zero-order valence-corrected chi connectivity index (χ0v) is 13.9. The minimum Gasteiger partial charge on any atom is -0.472 e. The standard InChI is InChI=1S/C18H10ClN5O2/c19-15-10(8-20)3-5-21-17(15)18(25)22-12-1-2-14-13(7-12)16(24-23-14)11-4-6-26-9-11/h1-7,9H,(H,22,25)(H,23,24). The molecule has 0 fully saturated rings. The predicted molar refractivity (Wildman–Crippen MR) is 95.7 cm³/mol. The summed E-state index contributed by atoms with van der Waals surface area (Å²) in [6, 6.07) is 10.5. The van der Waals surface area contributed by atoms with E-state index in [2.05, 4.69) is 20.5 Å². The number of rotatable bonds is 3. The number of anilines is 1. The zero-order chi connectivity index (χ0) is 18.1. The lowest BCUT2D eigenvalue weighted by Crippen LogP contribution is -2.14. The van der Waals surface area contributed by atoms with Crippen LogP contribution in [0.4, 0.5) is 5.69 Å². The Labute approximate surface area is 152 Å². The van der Waals surface area contributed by atoms with Crippen LogP contribution in [0.2, 0.25) is 5.02 Å². The number of hydrogen-bond donors (Lipinski definition) is 2. The lowest BCUT2D eigenvalue weighted by molar-refractivity contribution is 0.102. The van der Waals surface area contributed by atoms with Crippen molar-refractivity contribution in [2.75, 3.05) is 5.32 Å². The number of pyridine rings is 1. The number of furan rings is 1. The second kappa shape index (κ2) is 6.35. The summed E-state index contributed by atoms with van der Waals surface area (Å²) in [6.07, 6.45) is 4.53. The molecule has 0 aliphatic heterocycles. The third-order valence-corrected chi connectivity index (χ3v) is 4.22. The molecule has 0 aliphatic rings. The average molecular weight is 364 g/mol. The number of benzene rings is 1. The predicted octanol–water partition coefficient (Wildman–Crippen LogP) is 4.00. The molecule has 0 atom stereocenters. The number of halogens is 1. The Balaban J connectivity index is 1.69. The SMILES string of the molecule is N#Cc1ccnc(C(=O)Nc2ccc3[nH]nc(-c4ccoc4)c3c2)c1Cl.